The first kappa shape index (κ1) is 22.4. The van der Waals surface area contributed by atoms with Crippen molar-refractivity contribution in [3.63, 3.8) is 0 Å². The molecule has 10 heteroatoms. The summed E-state index contributed by atoms with van der Waals surface area (Å²) in [7, 11) is -3.94. The molecule has 34 heavy (non-hydrogen) atoms. The van der Waals surface area contributed by atoms with E-state index in [0.717, 1.165) is 24.8 Å². The molecule has 0 saturated heterocycles. The maximum atomic E-state index is 13.8. The molecule has 0 aliphatic carbocycles. The molecule has 0 saturated carbocycles. The Morgan fingerprint density at radius 3 is 2.68 bits per heavy atom. The lowest BCUT2D eigenvalue weighted by Crippen LogP contribution is -2.32. The summed E-state index contributed by atoms with van der Waals surface area (Å²) in [5.41, 5.74) is 2.72. The number of pyridine rings is 1. The second kappa shape index (κ2) is 8.41. The molecule has 0 fully saturated rings. The summed E-state index contributed by atoms with van der Waals surface area (Å²) < 4.78 is 30.2. The molecule has 1 aliphatic rings. The number of benzene rings is 2. The van der Waals surface area contributed by atoms with Gasteiger partial charge in [-0.15, -0.1) is 0 Å². The third kappa shape index (κ3) is 3.61. The van der Waals surface area contributed by atoms with Gasteiger partial charge in [0.15, 0.2) is 11.9 Å². The van der Waals surface area contributed by atoms with Crippen LogP contribution in [0.1, 0.15) is 34.5 Å². The fourth-order valence-corrected chi connectivity index (χ4v) is 6.16. The fraction of sp³-hybridized carbons (Fsp3) is 0.208. The van der Waals surface area contributed by atoms with E-state index in [0.29, 0.717) is 29.6 Å². The number of hydrogen-bond donors (Lipinski definition) is 1. The van der Waals surface area contributed by atoms with E-state index in [1.54, 1.807) is 13.0 Å². The van der Waals surface area contributed by atoms with Gasteiger partial charge >= 0.3 is 5.69 Å². The number of rotatable bonds is 4. The quantitative estimate of drug-likeness (QED) is 0.429. The number of fused-ring (bicyclic) bond motifs is 2. The summed E-state index contributed by atoms with van der Waals surface area (Å²) in [5.74, 6) is 0. The summed E-state index contributed by atoms with van der Waals surface area (Å²) in [6.07, 6.45) is 3.02. The van der Waals surface area contributed by atoms with Gasteiger partial charge in [0.25, 0.3) is 10.0 Å². The van der Waals surface area contributed by atoms with E-state index in [1.807, 2.05) is 24.3 Å². The van der Waals surface area contributed by atoms with E-state index in [1.165, 1.54) is 27.1 Å². The van der Waals surface area contributed by atoms with E-state index in [4.69, 9.17) is 11.6 Å². The minimum atomic E-state index is -3.94. The smallest absolute Gasteiger partial charge is 0.304 e. The molecule has 1 N–H and O–H groups in total. The number of para-hydroxylation sites is 1. The lowest BCUT2D eigenvalue weighted by molar-refractivity contribution is 0.111. The van der Waals surface area contributed by atoms with Crippen LogP contribution in [0.4, 0.5) is 5.69 Å². The molecule has 8 nitrogen and oxygen atoms in total. The number of imidazole rings is 1. The monoisotopic (exact) mass is 496 g/mol. The molecule has 3 heterocycles. The van der Waals surface area contributed by atoms with E-state index < -0.39 is 15.7 Å². The Bertz CT molecular complexity index is 1610. The Balaban J connectivity index is 1.70. The Labute approximate surface area is 200 Å². The number of hydrogen-bond acceptors (Lipinski definition) is 5. The predicted molar refractivity (Wildman–Crippen MR) is 131 cm³/mol. The zero-order valence-corrected chi connectivity index (χ0v) is 19.9. The third-order valence-electron chi connectivity index (χ3n) is 6.05. The van der Waals surface area contributed by atoms with Gasteiger partial charge in [0.1, 0.15) is 5.69 Å². The van der Waals surface area contributed by atoms with Crippen molar-refractivity contribution in [1.29, 1.82) is 0 Å². The molecule has 0 atom stereocenters. The van der Waals surface area contributed by atoms with Crippen molar-refractivity contribution in [2.24, 2.45) is 0 Å². The highest BCUT2D eigenvalue weighted by atomic mass is 35.5. The third-order valence-corrected chi connectivity index (χ3v) is 8.18. The van der Waals surface area contributed by atoms with Crippen LogP contribution in [0.5, 0.6) is 0 Å². The van der Waals surface area contributed by atoms with Crippen LogP contribution >= 0.6 is 11.6 Å². The number of carbonyl (C=O) groups is 1. The fourth-order valence-electron chi connectivity index (χ4n) is 4.40. The first-order valence-electron chi connectivity index (χ1n) is 10.8. The van der Waals surface area contributed by atoms with Crippen molar-refractivity contribution >= 4 is 44.8 Å². The summed E-state index contributed by atoms with van der Waals surface area (Å²) in [6.45, 7) is 2.10. The Hall–Kier alpha value is -3.43. The average molecular weight is 497 g/mol. The highest BCUT2D eigenvalue weighted by Gasteiger charge is 2.29. The van der Waals surface area contributed by atoms with Crippen LogP contribution in [0.2, 0.25) is 5.02 Å². The van der Waals surface area contributed by atoms with Gasteiger partial charge in [-0.2, -0.15) is 0 Å². The number of nitrogens with one attached hydrogen (secondary N) is 1. The molecule has 0 bridgehead atoms. The van der Waals surface area contributed by atoms with Gasteiger partial charge in [0.05, 0.1) is 26.8 Å². The lowest BCUT2D eigenvalue weighted by atomic mass is 10.1. The molecule has 5 rings (SSSR count). The van der Waals surface area contributed by atoms with Crippen LogP contribution in [0.25, 0.3) is 16.9 Å². The summed E-state index contributed by atoms with van der Waals surface area (Å²) in [4.78, 5) is 31.2. The first-order chi connectivity index (χ1) is 16.3. The van der Waals surface area contributed by atoms with Gasteiger partial charge in [-0.1, -0.05) is 29.8 Å². The van der Waals surface area contributed by atoms with Crippen LogP contribution < -0.4 is 9.99 Å². The average Bonchev–Trinajstić information content (AvgIpc) is 3.00. The standard InChI is InChI=1S/C24H21ClN4O4S/c1-15-12-17(14-30)26-23-22(15)27-24(31)29(23)21-13-18(9-10-19(21)25)34(32,33)28-11-5-4-7-16-6-2-3-8-20(16)28/h2-3,6,8-10,12-14H,4-5,7,11H2,1H3,(H,27,31). The van der Waals surface area contributed by atoms with Gasteiger partial charge in [0, 0.05) is 6.54 Å². The molecule has 0 radical (unpaired) electrons. The van der Waals surface area contributed by atoms with E-state index in [-0.39, 0.29) is 26.9 Å². The van der Waals surface area contributed by atoms with Crippen molar-refractivity contribution in [1.82, 2.24) is 14.5 Å². The highest BCUT2D eigenvalue weighted by molar-refractivity contribution is 7.92. The van der Waals surface area contributed by atoms with Gasteiger partial charge < -0.3 is 4.98 Å². The Morgan fingerprint density at radius 1 is 1.09 bits per heavy atom. The molecule has 0 spiro atoms. The largest absolute Gasteiger partial charge is 0.332 e. The van der Waals surface area contributed by atoms with Crippen LogP contribution in [-0.4, -0.2) is 35.8 Å². The second-order valence-corrected chi connectivity index (χ2v) is 10.5. The summed E-state index contributed by atoms with van der Waals surface area (Å²) in [6, 6.07) is 13.3. The van der Waals surface area contributed by atoms with Crippen LogP contribution in [0.3, 0.4) is 0 Å². The molecule has 2 aromatic carbocycles. The van der Waals surface area contributed by atoms with Gasteiger partial charge in [0.2, 0.25) is 0 Å². The van der Waals surface area contributed by atoms with Crippen molar-refractivity contribution < 1.29 is 13.2 Å². The number of aromatic amines is 1. The normalized spacial score (nSPS) is 14.1. The number of aromatic nitrogens is 3. The van der Waals surface area contributed by atoms with E-state index >= 15 is 0 Å². The van der Waals surface area contributed by atoms with Crippen LogP contribution in [-0.2, 0) is 16.4 Å². The van der Waals surface area contributed by atoms with Crippen molar-refractivity contribution in [2.75, 3.05) is 10.8 Å². The van der Waals surface area contributed by atoms with Crippen molar-refractivity contribution in [3.8, 4) is 5.69 Å². The van der Waals surface area contributed by atoms with Crippen molar-refractivity contribution in [2.45, 2.75) is 31.1 Å². The zero-order chi connectivity index (χ0) is 24.0. The molecule has 0 unspecified atom stereocenters. The van der Waals surface area contributed by atoms with E-state index in [9.17, 15) is 18.0 Å². The molecule has 1 aliphatic heterocycles. The Kier molecular flexibility index (Phi) is 5.53. The number of carbonyl (C=O) groups excluding carboxylic acids is 1. The van der Waals surface area contributed by atoms with Gasteiger partial charge in [-0.3, -0.25) is 9.10 Å². The SMILES string of the molecule is Cc1cc(C=O)nc2c1[nH]c(=O)n2-c1cc(S(=O)(=O)N2CCCCc3ccccc32)ccc1Cl. The van der Waals surface area contributed by atoms with Crippen LogP contribution in [0, 0.1) is 6.92 Å². The van der Waals surface area contributed by atoms with Crippen LogP contribution in [0.15, 0.2) is 58.2 Å². The number of nitrogens with zero attached hydrogens (tertiary/aromatic N) is 3. The summed E-state index contributed by atoms with van der Waals surface area (Å²) in [5, 5.41) is 0.175. The molecular formula is C24H21ClN4O4S. The molecular weight excluding hydrogens is 476 g/mol. The molecule has 4 aromatic rings. The minimum Gasteiger partial charge on any atom is -0.304 e. The number of aryl methyl sites for hydroxylation is 2. The highest BCUT2D eigenvalue weighted by Crippen LogP contribution is 2.33. The predicted octanol–water partition coefficient (Wildman–Crippen LogP) is 4.02. The maximum absolute atomic E-state index is 13.8. The Morgan fingerprint density at radius 2 is 1.88 bits per heavy atom. The maximum Gasteiger partial charge on any atom is 0.332 e. The van der Waals surface area contributed by atoms with Gasteiger partial charge in [-0.25, -0.2) is 22.8 Å². The van der Waals surface area contributed by atoms with E-state index in [2.05, 4.69) is 9.97 Å². The number of sulfonamides is 1. The zero-order valence-electron chi connectivity index (χ0n) is 18.3. The number of anilines is 1. The first-order valence-corrected chi connectivity index (χ1v) is 12.6. The molecule has 174 valence electrons. The number of halogens is 1. The van der Waals surface area contributed by atoms with Gasteiger partial charge in [-0.05, 0) is 67.6 Å². The number of aldehydes is 1. The summed E-state index contributed by atoms with van der Waals surface area (Å²) >= 11 is 6.44. The number of H-pyrrole nitrogens is 1. The topological polar surface area (TPSA) is 105 Å². The second-order valence-electron chi connectivity index (χ2n) is 8.22. The lowest BCUT2D eigenvalue weighted by Gasteiger charge is -2.25. The molecule has 0 amide bonds. The minimum absolute atomic E-state index is 0.00752. The van der Waals surface area contributed by atoms with Crippen molar-refractivity contribution in [3.05, 3.63) is 80.9 Å². The molecule has 2 aromatic heterocycles.